The van der Waals surface area contributed by atoms with Crippen LogP contribution in [-0.2, 0) is 11.3 Å². The Morgan fingerprint density at radius 2 is 2.14 bits per heavy atom. The number of methoxy groups -OCH3 is 1. The Hall–Kier alpha value is -1.13. The molecule has 2 atom stereocenters. The van der Waals surface area contributed by atoms with E-state index in [1.54, 1.807) is 13.3 Å². The van der Waals surface area contributed by atoms with Gasteiger partial charge in [-0.2, -0.15) is 0 Å². The highest BCUT2D eigenvalue weighted by Gasteiger charge is 2.24. The van der Waals surface area contributed by atoms with Gasteiger partial charge in [-0.05, 0) is 37.8 Å². The third-order valence-electron chi connectivity index (χ3n) is 3.91. The van der Waals surface area contributed by atoms with Crippen LogP contribution in [0, 0.1) is 5.92 Å². The summed E-state index contributed by atoms with van der Waals surface area (Å²) in [7, 11) is 1.79. The fourth-order valence-corrected chi connectivity index (χ4v) is 2.74. The number of ether oxygens (including phenoxy) is 2. The summed E-state index contributed by atoms with van der Waals surface area (Å²) in [4.78, 5) is 4.42. The fourth-order valence-electron chi connectivity index (χ4n) is 2.74. The first-order chi connectivity index (χ1) is 10.2. The van der Waals surface area contributed by atoms with Crippen molar-refractivity contribution < 1.29 is 9.47 Å². The molecule has 0 radical (unpaired) electrons. The van der Waals surface area contributed by atoms with Crippen LogP contribution in [0.1, 0.15) is 45.1 Å². The number of nitrogens with zero attached hydrogens (tertiary/aromatic N) is 1. The lowest BCUT2D eigenvalue weighted by atomic mass is 9.95. The van der Waals surface area contributed by atoms with Gasteiger partial charge in [-0.15, -0.1) is 0 Å². The molecular weight excluding hydrogens is 264 g/mol. The van der Waals surface area contributed by atoms with Crippen LogP contribution >= 0.6 is 0 Å². The Morgan fingerprint density at radius 3 is 2.90 bits per heavy atom. The summed E-state index contributed by atoms with van der Waals surface area (Å²) in [5, 5.41) is 3.45. The van der Waals surface area contributed by atoms with E-state index in [9.17, 15) is 0 Å². The van der Waals surface area contributed by atoms with Gasteiger partial charge >= 0.3 is 0 Å². The van der Waals surface area contributed by atoms with E-state index in [0.717, 1.165) is 50.2 Å². The maximum Gasteiger partial charge on any atom is 0.218 e. The molecule has 0 saturated heterocycles. The Bertz CT molecular complexity index is 423. The van der Waals surface area contributed by atoms with Gasteiger partial charge in [0.25, 0.3) is 0 Å². The second-order valence-electron chi connectivity index (χ2n) is 6.26. The summed E-state index contributed by atoms with van der Waals surface area (Å²) in [6, 6.07) is 4.06. The van der Waals surface area contributed by atoms with Gasteiger partial charge in [0, 0.05) is 31.8 Å². The van der Waals surface area contributed by atoms with Gasteiger partial charge in [0.1, 0.15) is 6.10 Å². The van der Waals surface area contributed by atoms with Crippen molar-refractivity contribution in [1.82, 2.24) is 10.3 Å². The topological polar surface area (TPSA) is 43.4 Å². The first-order valence-corrected chi connectivity index (χ1v) is 8.03. The molecule has 0 aromatic carbocycles. The Kier molecular flexibility index (Phi) is 6.46. The molecule has 1 N–H and O–H groups in total. The van der Waals surface area contributed by atoms with Crippen molar-refractivity contribution in [1.29, 1.82) is 0 Å². The van der Waals surface area contributed by atoms with E-state index in [0.29, 0.717) is 12.0 Å². The summed E-state index contributed by atoms with van der Waals surface area (Å²) in [5.74, 6) is 1.42. The zero-order valence-corrected chi connectivity index (χ0v) is 13.5. The lowest BCUT2D eigenvalue weighted by Crippen LogP contribution is -2.30. The third-order valence-corrected chi connectivity index (χ3v) is 3.91. The van der Waals surface area contributed by atoms with Crippen LogP contribution in [0.4, 0.5) is 0 Å². The molecule has 4 nitrogen and oxygen atoms in total. The predicted molar refractivity (Wildman–Crippen MR) is 84.5 cm³/mol. The standard InChI is InChI=1S/C17H28N2O2/c1-13(2)11-18-12-14-6-5-9-19-17(14)21-16-8-4-7-15(10-16)20-3/h5-6,9,13,15-16,18H,4,7-8,10-12H2,1-3H3. The van der Waals surface area contributed by atoms with Gasteiger partial charge < -0.3 is 14.8 Å². The highest BCUT2D eigenvalue weighted by Crippen LogP contribution is 2.26. The van der Waals surface area contributed by atoms with Crippen molar-refractivity contribution in [3.05, 3.63) is 23.9 Å². The molecule has 1 aliphatic carbocycles. The number of nitrogens with one attached hydrogen (secondary N) is 1. The van der Waals surface area contributed by atoms with Crippen LogP contribution in [-0.4, -0.2) is 30.8 Å². The molecule has 2 rings (SSSR count). The molecular formula is C17H28N2O2. The van der Waals surface area contributed by atoms with Crippen LogP contribution < -0.4 is 10.1 Å². The Labute approximate surface area is 128 Å². The van der Waals surface area contributed by atoms with E-state index in [1.165, 1.54) is 0 Å². The van der Waals surface area contributed by atoms with E-state index in [1.807, 2.05) is 6.07 Å². The minimum absolute atomic E-state index is 0.224. The van der Waals surface area contributed by atoms with Gasteiger partial charge in [0.05, 0.1) is 6.10 Å². The minimum atomic E-state index is 0.224. The van der Waals surface area contributed by atoms with Crippen LogP contribution in [0.15, 0.2) is 18.3 Å². The summed E-state index contributed by atoms with van der Waals surface area (Å²) in [5.41, 5.74) is 1.14. The third kappa shape index (κ3) is 5.29. The highest BCUT2D eigenvalue weighted by molar-refractivity contribution is 5.25. The van der Waals surface area contributed by atoms with Gasteiger partial charge in [-0.25, -0.2) is 4.98 Å². The van der Waals surface area contributed by atoms with Crippen LogP contribution in [0.25, 0.3) is 0 Å². The number of rotatable bonds is 7. The molecule has 1 aromatic heterocycles. The highest BCUT2D eigenvalue weighted by atomic mass is 16.5. The zero-order valence-electron chi connectivity index (χ0n) is 13.5. The molecule has 2 unspecified atom stereocenters. The monoisotopic (exact) mass is 292 g/mol. The summed E-state index contributed by atoms with van der Waals surface area (Å²) in [6.07, 6.45) is 6.72. The molecule has 0 spiro atoms. The molecule has 0 amide bonds. The van der Waals surface area contributed by atoms with Crippen LogP contribution in [0.2, 0.25) is 0 Å². The molecule has 1 aliphatic rings. The van der Waals surface area contributed by atoms with Crippen molar-refractivity contribution in [2.75, 3.05) is 13.7 Å². The predicted octanol–water partition coefficient (Wildman–Crippen LogP) is 3.16. The fraction of sp³-hybridized carbons (Fsp3) is 0.706. The second kappa shape index (κ2) is 8.35. The number of pyridine rings is 1. The van der Waals surface area contributed by atoms with E-state index < -0.39 is 0 Å². The number of aromatic nitrogens is 1. The van der Waals surface area contributed by atoms with Crippen LogP contribution in [0.3, 0.4) is 0 Å². The van der Waals surface area contributed by atoms with Crippen molar-refractivity contribution in [3.8, 4) is 5.88 Å². The first-order valence-electron chi connectivity index (χ1n) is 8.03. The molecule has 1 saturated carbocycles. The summed E-state index contributed by atoms with van der Waals surface area (Å²) in [6.45, 7) is 6.23. The molecule has 118 valence electrons. The Morgan fingerprint density at radius 1 is 1.33 bits per heavy atom. The average molecular weight is 292 g/mol. The second-order valence-corrected chi connectivity index (χ2v) is 6.26. The van der Waals surface area contributed by atoms with E-state index in [4.69, 9.17) is 9.47 Å². The molecule has 1 heterocycles. The summed E-state index contributed by atoms with van der Waals surface area (Å²) >= 11 is 0. The minimum Gasteiger partial charge on any atom is -0.474 e. The van der Waals surface area contributed by atoms with Gasteiger partial charge in [-0.1, -0.05) is 19.9 Å². The van der Waals surface area contributed by atoms with Crippen molar-refractivity contribution in [2.45, 2.75) is 58.3 Å². The van der Waals surface area contributed by atoms with Crippen molar-refractivity contribution in [3.63, 3.8) is 0 Å². The van der Waals surface area contributed by atoms with Gasteiger partial charge in [-0.3, -0.25) is 0 Å². The molecule has 21 heavy (non-hydrogen) atoms. The van der Waals surface area contributed by atoms with Gasteiger partial charge in [0.15, 0.2) is 0 Å². The largest absolute Gasteiger partial charge is 0.474 e. The molecule has 0 aliphatic heterocycles. The maximum absolute atomic E-state index is 6.14. The van der Waals surface area contributed by atoms with Crippen molar-refractivity contribution >= 4 is 0 Å². The molecule has 1 fully saturated rings. The normalized spacial score (nSPS) is 22.5. The van der Waals surface area contributed by atoms with Crippen molar-refractivity contribution in [2.24, 2.45) is 5.92 Å². The quantitative estimate of drug-likeness (QED) is 0.838. The number of hydrogen-bond acceptors (Lipinski definition) is 4. The van der Waals surface area contributed by atoms with Gasteiger partial charge in [0.2, 0.25) is 5.88 Å². The molecule has 1 aromatic rings. The Balaban J connectivity index is 1.92. The van der Waals surface area contributed by atoms with E-state index >= 15 is 0 Å². The van der Waals surface area contributed by atoms with Crippen LogP contribution in [0.5, 0.6) is 5.88 Å². The summed E-state index contributed by atoms with van der Waals surface area (Å²) < 4.78 is 11.6. The smallest absolute Gasteiger partial charge is 0.218 e. The SMILES string of the molecule is COC1CCCC(Oc2ncccc2CNCC(C)C)C1. The lowest BCUT2D eigenvalue weighted by Gasteiger charge is -2.28. The first kappa shape index (κ1) is 16.2. The molecule has 4 heteroatoms. The van der Waals surface area contributed by atoms with E-state index in [2.05, 4.69) is 30.2 Å². The lowest BCUT2D eigenvalue weighted by molar-refractivity contribution is 0.0191. The number of hydrogen-bond donors (Lipinski definition) is 1. The zero-order chi connectivity index (χ0) is 15.1. The average Bonchev–Trinajstić information content (AvgIpc) is 2.49. The molecule has 0 bridgehead atoms. The van der Waals surface area contributed by atoms with E-state index in [-0.39, 0.29) is 6.10 Å². The maximum atomic E-state index is 6.14.